The largest absolute Gasteiger partial charge is 0.351 e. The Kier molecular flexibility index (Phi) is 3.58. The van der Waals surface area contributed by atoms with E-state index >= 15 is 0 Å². The summed E-state index contributed by atoms with van der Waals surface area (Å²) in [4.78, 5) is 25.5. The number of anilines is 1. The van der Waals surface area contributed by atoms with Crippen LogP contribution in [0.25, 0.3) is 0 Å². The van der Waals surface area contributed by atoms with Gasteiger partial charge in [-0.2, -0.15) is 0 Å². The molecule has 0 spiro atoms. The molecule has 1 aliphatic rings. The van der Waals surface area contributed by atoms with Crippen molar-refractivity contribution >= 4 is 17.6 Å². The second kappa shape index (κ2) is 5.55. The summed E-state index contributed by atoms with van der Waals surface area (Å²) in [5, 5.41) is 2.49. The lowest BCUT2D eigenvalue weighted by atomic mass is 10.1. The fraction of sp³-hybridized carbons (Fsp3) is 0.250. The van der Waals surface area contributed by atoms with E-state index < -0.39 is 6.03 Å². The zero-order valence-electron chi connectivity index (χ0n) is 12.3. The Morgan fingerprint density at radius 2 is 2.05 bits per heavy atom. The third-order valence-corrected chi connectivity index (χ3v) is 3.98. The van der Waals surface area contributed by atoms with Crippen LogP contribution >= 0.6 is 0 Å². The lowest BCUT2D eigenvalue weighted by molar-refractivity contribution is 0.0644. The van der Waals surface area contributed by atoms with Crippen LogP contribution < -0.4 is 11.1 Å². The molecule has 3 amide bonds. The van der Waals surface area contributed by atoms with E-state index in [-0.39, 0.29) is 11.9 Å². The van der Waals surface area contributed by atoms with Gasteiger partial charge in [0.1, 0.15) is 0 Å². The van der Waals surface area contributed by atoms with Crippen LogP contribution in [0.3, 0.4) is 0 Å². The Morgan fingerprint density at radius 1 is 1.23 bits per heavy atom. The second-order valence-corrected chi connectivity index (χ2v) is 5.37. The Hall–Kier alpha value is -2.76. The number of fused-ring (bicyclic) bond motifs is 1. The van der Waals surface area contributed by atoms with Gasteiger partial charge in [0.15, 0.2) is 0 Å². The zero-order chi connectivity index (χ0) is 15.7. The molecule has 2 aromatic rings. The molecule has 6 heteroatoms. The molecule has 3 N–H and O–H groups in total. The highest BCUT2D eigenvalue weighted by atomic mass is 16.2. The monoisotopic (exact) mass is 298 g/mol. The molecule has 0 bridgehead atoms. The van der Waals surface area contributed by atoms with Crippen LogP contribution in [0.15, 0.2) is 42.6 Å². The average Bonchev–Trinajstić information content (AvgIpc) is 2.96. The number of benzene rings is 1. The fourth-order valence-corrected chi connectivity index (χ4v) is 2.89. The fourth-order valence-electron chi connectivity index (χ4n) is 2.89. The predicted octanol–water partition coefficient (Wildman–Crippen LogP) is 2.20. The third-order valence-electron chi connectivity index (χ3n) is 3.98. The molecule has 0 saturated heterocycles. The zero-order valence-corrected chi connectivity index (χ0v) is 12.3. The van der Waals surface area contributed by atoms with Crippen molar-refractivity contribution in [3.05, 3.63) is 53.9 Å². The minimum atomic E-state index is -0.645. The van der Waals surface area contributed by atoms with Gasteiger partial charge in [-0.15, -0.1) is 0 Å². The molecule has 0 saturated carbocycles. The van der Waals surface area contributed by atoms with E-state index in [0.717, 1.165) is 12.2 Å². The molecule has 0 aliphatic carbocycles. The topological polar surface area (TPSA) is 80.4 Å². The summed E-state index contributed by atoms with van der Waals surface area (Å²) in [5.41, 5.74) is 7.30. The van der Waals surface area contributed by atoms with Crippen LogP contribution in [0.1, 0.15) is 29.0 Å². The molecule has 6 nitrogen and oxygen atoms in total. The number of carbonyl (C=O) groups is 2. The van der Waals surface area contributed by atoms with E-state index in [9.17, 15) is 9.59 Å². The van der Waals surface area contributed by atoms with E-state index in [1.165, 1.54) is 0 Å². The molecular formula is C16H18N4O2. The van der Waals surface area contributed by atoms with Crippen LogP contribution in [0.5, 0.6) is 0 Å². The van der Waals surface area contributed by atoms with Crippen LogP contribution in [0.2, 0.25) is 0 Å². The number of aromatic nitrogens is 1. The number of nitrogens with zero attached hydrogens (tertiary/aromatic N) is 2. The summed E-state index contributed by atoms with van der Waals surface area (Å²) in [6.07, 6.45) is 2.03. The number of rotatable bonds is 2. The second-order valence-electron chi connectivity index (χ2n) is 5.37. The summed E-state index contributed by atoms with van der Waals surface area (Å²) in [7, 11) is 0. The number of amides is 3. The van der Waals surface area contributed by atoms with Gasteiger partial charge in [0.05, 0.1) is 6.04 Å². The number of urea groups is 1. The van der Waals surface area contributed by atoms with Gasteiger partial charge >= 0.3 is 6.03 Å². The van der Waals surface area contributed by atoms with Crippen molar-refractivity contribution in [1.29, 1.82) is 0 Å². The highest BCUT2D eigenvalue weighted by Gasteiger charge is 2.28. The summed E-state index contributed by atoms with van der Waals surface area (Å²) in [6, 6.07) is 10.2. The first kappa shape index (κ1) is 14.2. The number of nitrogens with two attached hydrogens (primary N) is 1. The van der Waals surface area contributed by atoms with Crippen LogP contribution in [0.4, 0.5) is 10.5 Å². The van der Waals surface area contributed by atoms with Crippen molar-refractivity contribution < 1.29 is 9.59 Å². The van der Waals surface area contributed by atoms with Gasteiger partial charge in [0, 0.05) is 36.2 Å². The van der Waals surface area contributed by atoms with Crippen LogP contribution in [0, 0.1) is 0 Å². The van der Waals surface area contributed by atoms with Gasteiger partial charge in [0.2, 0.25) is 0 Å². The molecule has 1 aromatic carbocycles. The van der Waals surface area contributed by atoms with Crippen molar-refractivity contribution in [2.24, 2.45) is 5.73 Å². The van der Waals surface area contributed by atoms with Crippen LogP contribution in [-0.4, -0.2) is 28.0 Å². The van der Waals surface area contributed by atoms with E-state index in [2.05, 4.69) is 9.88 Å². The van der Waals surface area contributed by atoms with Gasteiger partial charge < -0.3 is 20.5 Å². The number of carbonyl (C=O) groups excluding carboxylic acids is 2. The molecule has 0 radical (unpaired) electrons. The number of primary amides is 1. The highest BCUT2D eigenvalue weighted by Crippen LogP contribution is 2.27. The van der Waals surface area contributed by atoms with Crippen molar-refractivity contribution in [2.45, 2.75) is 19.5 Å². The normalized spacial score (nSPS) is 17.0. The summed E-state index contributed by atoms with van der Waals surface area (Å²) in [6.45, 7) is 3.47. The van der Waals surface area contributed by atoms with Gasteiger partial charge in [0.25, 0.3) is 5.91 Å². The number of nitrogens with one attached hydrogen (secondary N) is 1. The minimum Gasteiger partial charge on any atom is -0.351 e. The Bertz CT molecular complexity index is 722. The summed E-state index contributed by atoms with van der Waals surface area (Å²) >= 11 is 0. The van der Waals surface area contributed by atoms with Gasteiger partial charge in [-0.05, 0) is 37.3 Å². The average molecular weight is 298 g/mol. The first-order valence-corrected chi connectivity index (χ1v) is 7.19. The maximum atomic E-state index is 12.8. The number of hydrogen-bond acceptors (Lipinski definition) is 2. The molecule has 2 heterocycles. The van der Waals surface area contributed by atoms with Gasteiger partial charge in [-0.1, -0.05) is 6.07 Å². The quantitative estimate of drug-likeness (QED) is 0.891. The van der Waals surface area contributed by atoms with E-state index in [1.54, 1.807) is 24.3 Å². The molecule has 1 aromatic heterocycles. The SMILES string of the molecule is C[C@H]1c2cccn2CCN1C(=O)c1cccc(NC(N)=O)c1. The lowest BCUT2D eigenvalue weighted by Gasteiger charge is -2.35. The first-order chi connectivity index (χ1) is 10.6. The molecule has 114 valence electrons. The predicted molar refractivity (Wildman–Crippen MR) is 83.5 cm³/mol. The molecular weight excluding hydrogens is 280 g/mol. The van der Waals surface area contributed by atoms with Crippen LogP contribution in [-0.2, 0) is 6.54 Å². The Balaban J connectivity index is 1.84. The molecule has 1 atom stereocenters. The molecule has 0 fully saturated rings. The Morgan fingerprint density at radius 3 is 2.82 bits per heavy atom. The minimum absolute atomic E-state index is 0.0176. The third kappa shape index (κ3) is 2.55. The van der Waals surface area contributed by atoms with Crippen molar-refractivity contribution in [3.63, 3.8) is 0 Å². The van der Waals surface area contributed by atoms with Gasteiger partial charge in [-0.25, -0.2) is 4.79 Å². The Labute approximate surface area is 128 Å². The van der Waals surface area contributed by atoms with E-state index in [4.69, 9.17) is 5.73 Å². The summed E-state index contributed by atoms with van der Waals surface area (Å²) < 4.78 is 2.17. The van der Waals surface area contributed by atoms with E-state index in [1.807, 2.05) is 30.2 Å². The van der Waals surface area contributed by atoms with E-state index in [0.29, 0.717) is 17.8 Å². The highest BCUT2D eigenvalue weighted by molar-refractivity contribution is 5.97. The maximum Gasteiger partial charge on any atom is 0.316 e. The standard InChI is InChI=1S/C16H18N4O2/c1-11-14-6-3-7-19(14)8-9-20(11)15(21)12-4-2-5-13(10-12)18-16(17)22/h2-7,10-11H,8-9H2,1H3,(H3,17,18,22)/t11-/m0/s1. The van der Waals surface area contributed by atoms with Crippen molar-refractivity contribution in [3.8, 4) is 0 Å². The number of hydrogen-bond donors (Lipinski definition) is 2. The lowest BCUT2D eigenvalue weighted by Crippen LogP contribution is -2.40. The maximum absolute atomic E-state index is 12.8. The summed E-state index contributed by atoms with van der Waals surface area (Å²) in [5.74, 6) is -0.0481. The molecule has 3 rings (SSSR count). The first-order valence-electron chi connectivity index (χ1n) is 7.19. The van der Waals surface area contributed by atoms with Crippen molar-refractivity contribution in [2.75, 3.05) is 11.9 Å². The smallest absolute Gasteiger partial charge is 0.316 e. The molecule has 22 heavy (non-hydrogen) atoms. The van der Waals surface area contributed by atoms with Crippen molar-refractivity contribution in [1.82, 2.24) is 9.47 Å². The van der Waals surface area contributed by atoms with Gasteiger partial charge in [-0.3, -0.25) is 4.79 Å². The molecule has 1 aliphatic heterocycles. The molecule has 0 unspecified atom stereocenters.